The molecule has 0 radical (unpaired) electrons. The molecule has 0 atom stereocenters. The summed E-state index contributed by atoms with van der Waals surface area (Å²) in [5.41, 5.74) is 0.980. The van der Waals surface area contributed by atoms with Crippen molar-refractivity contribution in [2.75, 3.05) is 0 Å². The van der Waals surface area contributed by atoms with E-state index in [1.54, 1.807) is 6.07 Å². The average Bonchev–Trinajstić information content (AvgIpc) is 2.71. The molecule has 2 aromatic rings. The molecule has 0 aliphatic carbocycles. The molecule has 0 aromatic heterocycles. The van der Waals surface area contributed by atoms with Crippen LogP contribution in [-0.4, -0.2) is 13.0 Å². The van der Waals surface area contributed by atoms with Crippen LogP contribution in [0.25, 0.3) is 0 Å². The molecule has 7 heteroatoms. The van der Waals surface area contributed by atoms with E-state index in [1.807, 2.05) is 18.2 Å². The molecule has 0 saturated carbocycles. The summed E-state index contributed by atoms with van der Waals surface area (Å²) in [4.78, 5) is -0.674. The summed E-state index contributed by atoms with van der Waals surface area (Å²) in [5.74, 6) is -0.410. The summed E-state index contributed by atoms with van der Waals surface area (Å²) in [6, 6.07) is 11.3. The van der Waals surface area contributed by atoms with Gasteiger partial charge >= 0.3 is 29.6 Å². The van der Waals surface area contributed by atoms with E-state index < -0.39 is 20.8 Å². The first-order valence-electron chi connectivity index (χ1n) is 11.0. The Morgan fingerprint density at radius 1 is 0.806 bits per heavy atom. The maximum Gasteiger partial charge on any atom is 1.00 e. The Morgan fingerprint density at radius 3 is 1.97 bits per heavy atom. The molecule has 5 nitrogen and oxygen atoms in total. The number of hydrogen-bond acceptors (Lipinski definition) is 4. The number of aryl methyl sites for hydroxylation is 1. The molecule has 0 bridgehead atoms. The van der Waals surface area contributed by atoms with Crippen LogP contribution >= 0.6 is 0 Å². The van der Waals surface area contributed by atoms with Crippen molar-refractivity contribution in [3.63, 3.8) is 0 Å². The summed E-state index contributed by atoms with van der Waals surface area (Å²) in [5, 5.41) is 12.3. The van der Waals surface area contributed by atoms with Crippen LogP contribution in [0, 0.1) is 0 Å². The van der Waals surface area contributed by atoms with Gasteiger partial charge in [0, 0.05) is 0 Å². The van der Waals surface area contributed by atoms with Crippen LogP contribution in [-0.2, 0) is 16.5 Å². The third-order valence-electron chi connectivity index (χ3n) is 5.21. The van der Waals surface area contributed by atoms with E-state index >= 15 is 0 Å². The molecule has 2 rings (SSSR count). The van der Waals surface area contributed by atoms with E-state index in [0.717, 1.165) is 30.9 Å². The van der Waals surface area contributed by atoms with Gasteiger partial charge in [-0.2, -0.15) is 8.42 Å². The molecule has 166 valence electrons. The van der Waals surface area contributed by atoms with Crippen molar-refractivity contribution in [1.82, 2.24) is 0 Å². The van der Waals surface area contributed by atoms with Gasteiger partial charge in [-0.1, -0.05) is 89.0 Å². The van der Waals surface area contributed by atoms with Crippen molar-refractivity contribution >= 4 is 10.1 Å². The van der Waals surface area contributed by atoms with E-state index in [0.29, 0.717) is 5.75 Å². The average molecular weight is 457 g/mol. The van der Waals surface area contributed by atoms with E-state index in [-0.39, 0.29) is 35.3 Å². The van der Waals surface area contributed by atoms with Gasteiger partial charge in [-0.3, -0.25) is 4.55 Å². The normalized spacial score (nSPS) is 11.2. The molecule has 0 heterocycles. The van der Waals surface area contributed by atoms with Crippen LogP contribution in [0.3, 0.4) is 0 Å². The molecule has 0 saturated heterocycles. The minimum atomic E-state index is -4.58. The van der Waals surface area contributed by atoms with Gasteiger partial charge in [-0.25, -0.2) is 0 Å². The Labute approximate surface area is 209 Å². The number of hydrogen-bond donors (Lipinski definition) is 1. The van der Waals surface area contributed by atoms with Gasteiger partial charge < -0.3 is 9.84 Å². The van der Waals surface area contributed by atoms with Gasteiger partial charge in [0.05, 0.1) is 4.90 Å². The molecule has 2 aromatic carbocycles. The number of benzene rings is 2. The van der Waals surface area contributed by atoms with Crippen molar-refractivity contribution in [2.45, 2.75) is 82.4 Å². The molecule has 1 N–H and O–H groups in total. The van der Waals surface area contributed by atoms with Gasteiger partial charge in [0.15, 0.2) is 0 Å². The van der Waals surface area contributed by atoms with E-state index in [2.05, 4.69) is 6.92 Å². The number of rotatable bonds is 14. The molecule has 0 spiro atoms. The zero-order valence-corrected chi connectivity index (χ0v) is 21.6. The molecule has 0 amide bonds. The first-order valence-corrected chi connectivity index (χ1v) is 12.4. The Kier molecular flexibility index (Phi) is 13.5. The van der Waals surface area contributed by atoms with E-state index in [1.165, 1.54) is 63.5 Å². The maximum atomic E-state index is 12.3. The summed E-state index contributed by atoms with van der Waals surface area (Å²) in [7, 11) is -4.58. The van der Waals surface area contributed by atoms with Crippen LogP contribution in [0.4, 0.5) is 0 Å². The fraction of sp³-hybridized carbons (Fsp3) is 0.500. The molecule has 0 aliphatic heterocycles. The van der Waals surface area contributed by atoms with E-state index in [4.69, 9.17) is 4.74 Å². The molecular formula is C24H33NaO5S. The molecule has 0 fully saturated rings. The molecular weight excluding hydrogens is 423 g/mol. The van der Waals surface area contributed by atoms with Gasteiger partial charge in [0.2, 0.25) is 0 Å². The predicted molar refractivity (Wildman–Crippen MR) is 118 cm³/mol. The molecule has 0 aliphatic rings. The number of para-hydroxylation sites is 2. The second-order valence-corrected chi connectivity index (χ2v) is 9.09. The monoisotopic (exact) mass is 456 g/mol. The second kappa shape index (κ2) is 14.9. The molecule has 0 unspecified atom stereocenters. The molecule has 31 heavy (non-hydrogen) atoms. The zero-order chi connectivity index (χ0) is 21.8. The van der Waals surface area contributed by atoms with Crippen LogP contribution in [0.15, 0.2) is 47.4 Å². The Hall–Kier alpha value is -1.05. The minimum Gasteiger partial charge on any atom is -0.869 e. The van der Waals surface area contributed by atoms with E-state index in [9.17, 15) is 18.1 Å². The van der Waals surface area contributed by atoms with Crippen molar-refractivity contribution < 1.29 is 52.4 Å². The van der Waals surface area contributed by atoms with Crippen molar-refractivity contribution in [1.29, 1.82) is 0 Å². The summed E-state index contributed by atoms with van der Waals surface area (Å²) in [6.45, 7) is 2.24. The maximum absolute atomic E-state index is 12.3. The quantitative estimate of drug-likeness (QED) is 0.268. The van der Waals surface area contributed by atoms with Crippen molar-refractivity contribution in [3.8, 4) is 17.2 Å². The van der Waals surface area contributed by atoms with Gasteiger partial charge in [0.25, 0.3) is 10.1 Å². The van der Waals surface area contributed by atoms with Crippen LogP contribution in [0.1, 0.15) is 76.7 Å². The first-order chi connectivity index (χ1) is 14.4. The van der Waals surface area contributed by atoms with Gasteiger partial charge in [0.1, 0.15) is 11.5 Å². The topological polar surface area (TPSA) is 86.7 Å². The predicted octanol–water partition coefficient (Wildman–Crippen LogP) is 3.27. The van der Waals surface area contributed by atoms with Gasteiger partial charge in [-0.05, 0) is 42.4 Å². The second-order valence-electron chi connectivity index (χ2n) is 7.70. The third-order valence-corrected chi connectivity index (χ3v) is 6.09. The number of ether oxygens (including phenoxy) is 1. The van der Waals surface area contributed by atoms with Crippen molar-refractivity contribution in [3.05, 3.63) is 48.0 Å². The summed E-state index contributed by atoms with van der Waals surface area (Å²) in [6.07, 6.45) is 13.5. The Balaban J connectivity index is 0.00000480. The Morgan fingerprint density at radius 2 is 1.35 bits per heavy atom. The Bertz CT molecular complexity index is 883. The van der Waals surface area contributed by atoms with Crippen LogP contribution in [0.5, 0.6) is 17.2 Å². The van der Waals surface area contributed by atoms with Crippen LogP contribution in [0.2, 0.25) is 0 Å². The zero-order valence-electron chi connectivity index (χ0n) is 18.8. The van der Waals surface area contributed by atoms with Crippen LogP contribution < -0.4 is 39.4 Å². The largest absolute Gasteiger partial charge is 1.00 e. The smallest absolute Gasteiger partial charge is 0.869 e. The summed E-state index contributed by atoms with van der Waals surface area (Å²) >= 11 is 0. The fourth-order valence-electron chi connectivity index (χ4n) is 3.51. The first kappa shape index (κ1) is 28.0. The van der Waals surface area contributed by atoms with Gasteiger partial charge in [-0.15, -0.1) is 0 Å². The van der Waals surface area contributed by atoms with Crippen molar-refractivity contribution in [2.24, 2.45) is 0 Å². The third kappa shape index (κ3) is 9.96. The minimum absolute atomic E-state index is 0. The fourth-order valence-corrected chi connectivity index (χ4v) is 4.10. The SMILES string of the molecule is CCCCCCCCCCCCc1ccccc1Oc1cccc(S(=O)(=O)O)c1[O-].[Na+]. The number of unbranched alkanes of at least 4 members (excludes halogenated alkanes) is 9. The standard InChI is InChI=1S/C24H34O5S.Na/c1-2-3-4-5-6-7-8-9-10-11-15-20-16-12-13-17-21(20)29-22-18-14-19-23(24(22)25)30(26,27)28;/h12-14,16-19,25H,2-11,15H2,1H3,(H,26,27,28);/q;+1/p-1. The summed E-state index contributed by atoms with van der Waals surface area (Å²) < 4.78 is 37.6.